The normalized spacial score (nSPS) is 10.8. The summed E-state index contributed by atoms with van der Waals surface area (Å²) in [6.07, 6.45) is 0. The lowest BCUT2D eigenvalue weighted by Crippen LogP contribution is -2.05. The fraction of sp³-hybridized carbons (Fsp3) is 0. The van der Waals surface area contributed by atoms with Gasteiger partial charge in [0.2, 0.25) is 5.82 Å². The molecule has 0 amide bonds. The van der Waals surface area contributed by atoms with Crippen molar-refractivity contribution < 1.29 is 26.3 Å². The van der Waals surface area contributed by atoms with Crippen LogP contribution in [0.1, 0.15) is 0 Å². The van der Waals surface area contributed by atoms with E-state index in [-0.39, 0.29) is 0 Å². The quantitative estimate of drug-likeness (QED) is 0.365. The molecule has 19 heavy (non-hydrogen) atoms. The number of anilines is 1. The first-order chi connectivity index (χ1) is 8.86. The van der Waals surface area contributed by atoms with Gasteiger partial charge in [-0.05, 0) is 6.07 Å². The molecule has 1 nitrogen and oxygen atoms in total. The van der Waals surface area contributed by atoms with E-state index in [0.717, 1.165) is 18.2 Å². The van der Waals surface area contributed by atoms with Crippen molar-refractivity contribution in [2.45, 2.75) is 0 Å². The number of hydrogen-bond acceptors (Lipinski definition) is 1. The molecule has 0 aromatic heterocycles. The molecule has 0 radical (unpaired) electrons. The SMILES string of the molecule is Nc1cccc(-c2c(F)c(F)c(F)c(F)c2F)c1F. The minimum absolute atomic E-state index is 0.471. The molecule has 0 spiro atoms. The van der Waals surface area contributed by atoms with E-state index in [1.165, 1.54) is 0 Å². The summed E-state index contributed by atoms with van der Waals surface area (Å²) in [6.45, 7) is 0. The van der Waals surface area contributed by atoms with Crippen LogP contribution < -0.4 is 5.73 Å². The predicted octanol–water partition coefficient (Wildman–Crippen LogP) is 3.77. The summed E-state index contributed by atoms with van der Waals surface area (Å²) in [5.74, 6) is -12.1. The van der Waals surface area contributed by atoms with Gasteiger partial charge in [-0.15, -0.1) is 0 Å². The summed E-state index contributed by atoms with van der Waals surface area (Å²) in [5.41, 5.74) is 2.57. The first-order valence-electron chi connectivity index (χ1n) is 4.92. The van der Waals surface area contributed by atoms with E-state index in [0.29, 0.717) is 0 Å². The third-order valence-electron chi connectivity index (χ3n) is 2.51. The van der Waals surface area contributed by atoms with Crippen LogP contribution in [0.5, 0.6) is 0 Å². The molecule has 0 bridgehead atoms. The molecule has 0 saturated heterocycles. The van der Waals surface area contributed by atoms with E-state index < -0.39 is 51.7 Å². The average Bonchev–Trinajstić information content (AvgIpc) is 2.39. The molecule has 0 aliphatic carbocycles. The van der Waals surface area contributed by atoms with Crippen molar-refractivity contribution in [1.82, 2.24) is 0 Å². The molecule has 2 rings (SSSR count). The Labute approximate surface area is 103 Å². The van der Waals surface area contributed by atoms with Crippen molar-refractivity contribution in [3.05, 3.63) is 53.1 Å². The highest BCUT2D eigenvalue weighted by Crippen LogP contribution is 2.34. The largest absolute Gasteiger partial charge is 0.396 e. The second kappa shape index (κ2) is 4.49. The molecule has 0 unspecified atom stereocenters. The molecule has 0 heterocycles. The number of benzene rings is 2. The first kappa shape index (κ1) is 13.3. The van der Waals surface area contributed by atoms with Gasteiger partial charge in [0, 0.05) is 5.56 Å². The fourth-order valence-electron chi connectivity index (χ4n) is 1.58. The van der Waals surface area contributed by atoms with Crippen molar-refractivity contribution in [3.8, 4) is 11.1 Å². The highest BCUT2D eigenvalue weighted by Gasteiger charge is 2.28. The van der Waals surface area contributed by atoms with Gasteiger partial charge < -0.3 is 5.73 Å². The lowest BCUT2D eigenvalue weighted by atomic mass is 10.0. The van der Waals surface area contributed by atoms with Crippen molar-refractivity contribution in [2.24, 2.45) is 0 Å². The van der Waals surface area contributed by atoms with Crippen LogP contribution >= 0.6 is 0 Å². The summed E-state index contributed by atoms with van der Waals surface area (Å²) in [7, 11) is 0. The smallest absolute Gasteiger partial charge is 0.200 e. The van der Waals surface area contributed by atoms with Crippen molar-refractivity contribution in [3.63, 3.8) is 0 Å². The lowest BCUT2D eigenvalue weighted by Gasteiger charge is -2.10. The molecular formula is C12H5F6N. The summed E-state index contributed by atoms with van der Waals surface area (Å²) in [6, 6.07) is 3.08. The zero-order chi connectivity index (χ0) is 14.3. The van der Waals surface area contributed by atoms with Crippen LogP contribution in [0.25, 0.3) is 11.1 Å². The molecule has 0 atom stereocenters. The molecule has 0 saturated carbocycles. The standard InChI is InChI=1S/C12H5F6N/c13-7-4(2-1-3-5(7)19)6-8(14)10(16)12(18)11(17)9(6)15/h1-3H,19H2. The molecule has 0 aliphatic heterocycles. The molecule has 2 aromatic carbocycles. The van der Waals surface area contributed by atoms with Crippen LogP contribution in [-0.2, 0) is 0 Å². The average molecular weight is 277 g/mol. The zero-order valence-corrected chi connectivity index (χ0v) is 9.08. The summed E-state index contributed by atoms with van der Waals surface area (Å²) < 4.78 is 79.4. The maximum Gasteiger partial charge on any atom is 0.200 e. The Morgan fingerprint density at radius 1 is 0.632 bits per heavy atom. The highest BCUT2D eigenvalue weighted by molar-refractivity contribution is 5.69. The van der Waals surface area contributed by atoms with Gasteiger partial charge in [0.25, 0.3) is 0 Å². The topological polar surface area (TPSA) is 26.0 Å². The van der Waals surface area contributed by atoms with Gasteiger partial charge in [-0.3, -0.25) is 0 Å². The van der Waals surface area contributed by atoms with Crippen LogP contribution in [0.2, 0.25) is 0 Å². The van der Waals surface area contributed by atoms with E-state index in [4.69, 9.17) is 5.73 Å². The Balaban J connectivity index is 2.87. The Kier molecular flexibility index (Phi) is 3.13. The van der Waals surface area contributed by atoms with Crippen molar-refractivity contribution >= 4 is 5.69 Å². The molecular weight excluding hydrogens is 272 g/mol. The molecule has 100 valence electrons. The Bertz CT molecular complexity index is 639. The van der Waals surface area contributed by atoms with E-state index in [1.807, 2.05) is 0 Å². The monoisotopic (exact) mass is 277 g/mol. The fourth-order valence-corrected chi connectivity index (χ4v) is 1.58. The second-order valence-corrected chi connectivity index (χ2v) is 3.65. The third kappa shape index (κ3) is 1.91. The number of halogens is 6. The van der Waals surface area contributed by atoms with Gasteiger partial charge in [-0.1, -0.05) is 12.1 Å². The minimum Gasteiger partial charge on any atom is -0.396 e. The van der Waals surface area contributed by atoms with E-state index in [9.17, 15) is 26.3 Å². The van der Waals surface area contributed by atoms with Gasteiger partial charge in [0.1, 0.15) is 0 Å². The van der Waals surface area contributed by atoms with Gasteiger partial charge in [-0.2, -0.15) is 0 Å². The number of nitrogens with two attached hydrogens (primary N) is 1. The van der Waals surface area contributed by atoms with Crippen LogP contribution in [-0.4, -0.2) is 0 Å². The Morgan fingerprint density at radius 2 is 1.11 bits per heavy atom. The highest BCUT2D eigenvalue weighted by atomic mass is 19.2. The summed E-state index contributed by atoms with van der Waals surface area (Å²) in [5, 5.41) is 0. The maximum atomic E-state index is 13.6. The Hall–Kier alpha value is -2.18. The molecule has 2 N–H and O–H groups in total. The number of nitrogen functional groups attached to an aromatic ring is 1. The van der Waals surface area contributed by atoms with E-state index >= 15 is 0 Å². The first-order valence-corrected chi connectivity index (χ1v) is 4.92. The lowest BCUT2D eigenvalue weighted by molar-refractivity contribution is 0.381. The zero-order valence-electron chi connectivity index (χ0n) is 9.08. The summed E-state index contributed by atoms with van der Waals surface area (Å²) >= 11 is 0. The number of rotatable bonds is 1. The molecule has 2 aromatic rings. The van der Waals surface area contributed by atoms with Gasteiger partial charge in [-0.25, -0.2) is 26.3 Å². The van der Waals surface area contributed by atoms with Crippen LogP contribution in [0, 0.1) is 34.9 Å². The van der Waals surface area contributed by atoms with Gasteiger partial charge in [0.05, 0.1) is 11.3 Å². The van der Waals surface area contributed by atoms with Crippen LogP contribution in [0.4, 0.5) is 32.0 Å². The Morgan fingerprint density at radius 3 is 1.63 bits per heavy atom. The van der Waals surface area contributed by atoms with Crippen molar-refractivity contribution in [1.29, 1.82) is 0 Å². The molecule has 0 aliphatic rings. The minimum atomic E-state index is -2.30. The summed E-state index contributed by atoms with van der Waals surface area (Å²) in [4.78, 5) is 0. The second-order valence-electron chi connectivity index (χ2n) is 3.65. The van der Waals surface area contributed by atoms with Gasteiger partial charge >= 0.3 is 0 Å². The van der Waals surface area contributed by atoms with E-state index in [2.05, 4.69) is 0 Å². The predicted molar refractivity (Wildman–Crippen MR) is 56.0 cm³/mol. The van der Waals surface area contributed by atoms with Crippen molar-refractivity contribution in [2.75, 3.05) is 5.73 Å². The van der Waals surface area contributed by atoms with Gasteiger partial charge in [0.15, 0.2) is 29.1 Å². The van der Waals surface area contributed by atoms with Crippen LogP contribution in [0.15, 0.2) is 18.2 Å². The third-order valence-corrected chi connectivity index (χ3v) is 2.51. The maximum absolute atomic E-state index is 13.6. The molecule has 0 fully saturated rings. The van der Waals surface area contributed by atoms with E-state index in [1.54, 1.807) is 0 Å². The van der Waals surface area contributed by atoms with Crippen LogP contribution in [0.3, 0.4) is 0 Å². The molecule has 7 heteroatoms. The number of hydrogen-bond donors (Lipinski definition) is 1.